The second-order valence-electron chi connectivity index (χ2n) is 5.64. The fourth-order valence-electron chi connectivity index (χ4n) is 2.67. The fraction of sp³-hybridized carbons (Fsp3) is 0.250. The van der Waals surface area contributed by atoms with E-state index in [0.29, 0.717) is 0 Å². The summed E-state index contributed by atoms with van der Waals surface area (Å²) in [5.41, 5.74) is 3.24. The van der Waals surface area contributed by atoms with Crippen LogP contribution in [0.5, 0.6) is 11.5 Å². The number of fused-ring (bicyclic) bond motifs is 2. The maximum Gasteiger partial charge on any atom is 0.146 e. The van der Waals surface area contributed by atoms with Gasteiger partial charge in [-0.3, -0.25) is 0 Å². The first kappa shape index (κ1) is 14.2. The molecule has 3 rings (SSSR count). The van der Waals surface area contributed by atoms with Crippen molar-refractivity contribution in [2.24, 2.45) is 0 Å². The molecule has 0 saturated heterocycles. The molecule has 0 fully saturated rings. The summed E-state index contributed by atoms with van der Waals surface area (Å²) in [6.45, 7) is 6.42. The molecule has 2 aromatic rings. The third-order valence-electron chi connectivity index (χ3n) is 3.99. The molecular weight excluding hydrogens is 304 g/mol. The zero-order chi connectivity index (χ0) is 14.7. The first-order valence-corrected chi connectivity index (χ1v) is 7.74. The lowest BCUT2D eigenvalue weighted by molar-refractivity contribution is 0.396. The maximum absolute atomic E-state index is 6.13. The third kappa shape index (κ3) is 1.89. The van der Waals surface area contributed by atoms with Crippen LogP contribution in [0.4, 0.5) is 0 Å². The Hall–Kier alpha value is -0.710. The van der Waals surface area contributed by atoms with Crippen molar-refractivity contribution in [2.75, 3.05) is 0 Å². The molecule has 0 aromatic heterocycles. The number of benzene rings is 2. The van der Waals surface area contributed by atoms with Crippen molar-refractivity contribution in [3.05, 3.63) is 41.0 Å². The van der Waals surface area contributed by atoms with Gasteiger partial charge in [-0.2, -0.15) is 0 Å². The monoisotopic (exact) mass is 320 g/mol. The highest BCUT2D eigenvalue weighted by molar-refractivity contribution is 7.83. The number of thiol groups is 3. The molecule has 20 heavy (non-hydrogen) atoms. The summed E-state index contributed by atoms with van der Waals surface area (Å²) < 4.78 is 6.13. The van der Waals surface area contributed by atoms with Gasteiger partial charge in [0, 0.05) is 21.4 Å². The standard InChI is InChI=1S/C16H16OS3/c1-8-4-5-9-12(14(8)19)17-13-10(16(9,2)3)6-7-11(18)15(13)20/h4-7,18-20H,1-3H3. The van der Waals surface area contributed by atoms with Crippen LogP contribution in [-0.2, 0) is 5.41 Å². The molecule has 0 bridgehead atoms. The van der Waals surface area contributed by atoms with E-state index in [9.17, 15) is 0 Å². The lowest BCUT2D eigenvalue weighted by atomic mass is 9.75. The molecule has 0 atom stereocenters. The number of aryl methyl sites for hydroxylation is 1. The summed E-state index contributed by atoms with van der Waals surface area (Å²) in [7, 11) is 0. The van der Waals surface area contributed by atoms with Gasteiger partial charge in [-0.25, -0.2) is 0 Å². The highest BCUT2D eigenvalue weighted by atomic mass is 32.1. The minimum atomic E-state index is -0.146. The number of hydrogen-bond donors (Lipinski definition) is 3. The largest absolute Gasteiger partial charge is 0.454 e. The summed E-state index contributed by atoms with van der Waals surface area (Å²) in [4.78, 5) is 2.48. The van der Waals surface area contributed by atoms with Crippen molar-refractivity contribution in [3.63, 3.8) is 0 Å². The molecule has 1 heterocycles. The van der Waals surface area contributed by atoms with Crippen LogP contribution in [0.1, 0.15) is 30.5 Å². The Morgan fingerprint density at radius 2 is 1.40 bits per heavy atom. The average Bonchev–Trinajstić information content (AvgIpc) is 2.39. The highest BCUT2D eigenvalue weighted by Gasteiger charge is 2.36. The van der Waals surface area contributed by atoms with Gasteiger partial charge < -0.3 is 4.74 Å². The van der Waals surface area contributed by atoms with Gasteiger partial charge in [0.05, 0.1) is 9.79 Å². The van der Waals surface area contributed by atoms with Crippen LogP contribution in [0, 0.1) is 6.92 Å². The summed E-state index contributed by atoms with van der Waals surface area (Å²) in [5, 5.41) is 0. The van der Waals surface area contributed by atoms with Gasteiger partial charge in [-0.1, -0.05) is 32.0 Å². The van der Waals surface area contributed by atoms with Crippen LogP contribution >= 0.6 is 37.9 Å². The van der Waals surface area contributed by atoms with Crippen molar-refractivity contribution in [3.8, 4) is 11.5 Å². The summed E-state index contributed by atoms with van der Waals surface area (Å²) >= 11 is 13.6. The van der Waals surface area contributed by atoms with Crippen molar-refractivity contribution in [1.29, 1.82) is 0 Å². The molecule has 0 radical (unpaired) electrons. The normalized spacial score (nSPS) is 15.3. The van der Waals surface area contributed by atoms with Gasteiger partial charge in [0.2, 0.25) is 0 Å². The van der Waals surface area contributed by atoms with E-state index in [1.807, 2.05) is 13.0 Å². The van der Waals surface area contributed by atoms with Crippen molar-refractivity contribution in [2.45, 2.75) is 40.9 Å². The van der Waals surface area contributed by atoms with Gasteiger partial charge in [-0.05, 0) is 18.6 Å². The van der Waals surface area contributed by atoms with Gasteiger partial charge in [0.15, 0.2) is 0 Å². The van der Waals surface area contributed by atoms with Crippen LogP contribution in [-0.4, -0.2) is 0 Å². The number of rotatable bonds is 0. The molecule has 1 aliphatic heterocycles. The Bertz CT molecular complexity index is 661. The quantitative estimate of drug-likeness (QED) is 0.559. The predicted octanol–water partition coefficient (Wildman–Crippen LogP) is 5.29. The molecule has 104 valence electrons. The third-order valence-corrected chi connectivity index (χ3v) is 5.54. The molecule has 0 N–H and O–H groups in total. The first-order chi connectivity index (χ1) is 9.34. The molecule has 0 unspecified atom stereocenters. The highest BCUT2D eigenvalue weighted by Crippen LogP contribution is 2.53. The van der Waals surface area contributed by atoms with Crippen LogP contribution in [0.25, 0.3) is 0 Å². The van der Waals surface area contributed by atoms with Gasteiger partial charge in [0.1, 0.15) is 11.5 Å². The number of ether oxygens (including phenoxy) is 1. The Kier molecular flexibility index (Phi) is 3.31. The van der Waals surface area contributed by atoms with Crippen LogP contribution in [0.3, 0.4) is 0 Å². The lowest BCUT2D eigenvalue weighted by Gasteiger charge is -2.36. The SMILES string of the molecule is Cc1ccc2c(c1S)Oc1c(ccc(S)c1S)C2(C)C. The predicted molar refractivity (Wildman–Crippen MR) is 91.6 cm³/mol. The second kappa shape index (κ2) is 4.65. The van der Waals surface area contributed by atoms with Crippen LogP contribution < -0.4 is 4.74 Å². The Morgan fingerprint density at radius 1 is 0.850 bits per heavy atom. The molecule has 1 nitrogen and oxygen atoms in total. The van der Waals surface area contributed by atoms with Gasteiger partial charge in [0.25, 0.3) is 0 Å². The van der Waals surface area contributed by atoms with E-state index in [0.717, 1.165) is 42.9 Å². The number of hydrogen-bond acceptors (Lipinski definition) is 4. The molecule has 0 saturated carbocycles. The Balaban J connectivity index is 2.34. The van der Waals surface area contributed by atoms with Gasteiger partial charge in [-0.15, -0.1) is 37.9 Å². The van der Waals surface area contributed by atoms with E-state index in [4.69, 9.17) is 4.74 Å². The lowest BCUT2D eigenvalue weighted by Crippen LogP contribution is -2.25. The van der Waals surface area contributed by atoms with E-state index in [2.05, 4.69) is 69.9 Å². The summed E-state index contributed by atoms with van der Waals surface area (Å²) in [6.07, 6.45) is 0. The van der Waals surface area contributed by atoms with E-state index < -0.39 is 0 Å². The molecule has 4 heteroatoms. The minimum Gasteiger partial charge on any atom is -0.454 e. The van der Waals surface area contributed by atoms with Crippen LogP contribution in [0.2, 0.25) is 0 Å². The summed E-state index contributed by atoms with van der Waals surface area (Å²) in [6, 6.07) is 8.25. The van der Waals surface area contributed by atoms with Crippen molar-refractivity contribution >= 4 is 37.9 Å². The zero-order valence-corrected chi connectivity index (χ0v) is 14.2. The van der Waals surface area contributed by atoms with E-state index >= 15 is 0 Å². The molecule has 0 amide bonds. The van der Waals surface area contributed by atoms with Gasteiger partial charge >= 0.3 is 0 Å². The summed E-state index contributed by atoms with van der Waals surface area (Å²) in [5.74, 6) is 1.62. The molecule has 2 aromatic carbocycles. The second-order valence-corrected chi connectivity index (χ2v) is 7.02. The fourth-order valence-corrected chi connectivity index (χ4v) is 3.33. The van der Waals surface area contributed by atoms with E-state index in [-0.39, 0.29) is 5.41 Å². The molecular formula is C16H16OS3. The average molecular weight is 321 g/mol. The van der Waals surface area contributed by atoms with Crippen LogP contribution in [0.15, 0.2) is 39.0 Å². The zero-order valence-electron chi connectivity index (χ0n) is 11.6. The van der Waals surface area contributed by atoms with Crippen molar-refractivity contribution in [1.82, 2.24) is 0 Å². The first-order valence-electron chi connectivity index (χ1n) is 6.40. The Labute approximate surface area is 136 Å². The topological polar surface area (TPSA) is 9.23 Å². The van der Waals surface area contributed by atoms with Crippen molar-refractivity contribution < 1.29 is 4.74 Å². The Morgan fingerprint density at radius 3 is 2.05 bits per heavy atom. The molecule has 1 aliphatic rings. The minimum absolute atomic E-state index is 0.146. The van der Waals surface area contributed by atoms with E-state index in [1.165, 1.54) is 0 Å². The molecule has 0 aliphatic carbocycles. The molecule has 0 spiro atoms. The van der Waals surface area contributed by atoms with E-state index in [1.54, 1.807) is 0 Å². The maximum atomic E-state index is 6.13. The smallest absolute Gasteiger partial charge is 0.146 e.